The summed E-state index contributed by atoms with van der Waals surface area (Å²) in [6.07, 6.45) is 7.63. The first kappa shape index (κ1) is 13.7. The highest BCUT2D eigenvalue weighted by Crippen LogP contribution is 2.14. The molecule has 1 aromatic rings. The van der Waals surface area contributed by atoms with E-state index in [9.17, 15) is 4.79 Å². The van der Waals surface area contributed by atoms with Crippen LogP contribution >= 0.6 is 0 Å². The fourth-order valence-electron chi connectivity index (χ4n) is 2.07. The van der Waals surface area contributed by atoms with E-state index in [0.29, 0.717) is 18.1 Å². The molecule has 0 aromatic carbocycles. The van der Waals surface area contributed by atoms with Gasteiger partial charge in [0, 0.05) is 20.2 Å². The van der Waals surface area contributed by atoms with Crippen molar-refractivity contribution in [2.24, 2.45) is 0 Å². The molecule has 0 bridgehead atoms. The molecule has 0 spiro atoms. The summed E-state index contributed by atoms with van der Waals surface area (Å²) in [6, 6.07) is 0. The molecule has 0 saturated carbocycles. The first-order valence-electron chi connectivity index (χ1n) is 6.69. The second kappa shape index (κ2) is 7.04. The summed E-state index contributed by atoms with van der Waals surface area (Å²) in [4.78, 5) is 20.0. The largest absolute Gasteiger partial charge is 0.378 e. The topological polar surface area (TPSA) is 76.1 Å². The lowest BCUT2D eigenvalue weighted by Gasteiger charge is -2.22. The van der Waals surface area contributed by atoms with Crippen molar-refractivity contribution >= 4 is 11.7 Å². The molecule has 19 heavy (non-hydrogen) atoms. The molecule has 6 heteroatoms. The lowest BCUT2D eigenvalue weighted by molar-refractivity contribution is 0.0117. The number of nitrogens with one attached hydrogen (secondary N) is 2. The molecular weight excluding hydrogens is 244 g/mol. The van der Waals surface area contributed by atoms with Crippen molar-refractivity contribution in [3.8, 4) is 0 Å². The molecule has 1 aromatic heterocycles. The Labute approximate surface area is 113 Å². The van der Waals surface area contributed by atoms with Crippen molar-refractivity contribution < 1.29 is 9.53 Å². The van der Waals surface area contributed by atoms with Crippen molar-refractivity contribution in [3.63, 3.8) is 0 Å². The molecule has 1 fully saturated rings. The van der Waals surface area contributed by atoms with E-state index in [1.54, 1.807) is 13.2 Å². The quantitative estimate of drug-likeness (QED) is 0.836. The van der Waals surface area contributed by atoms with Gasteiger partial charge in [-0.3, -0.25) is 9.78 Å². The second-order valence-electron chi connectivity index (χ2n) is 4.57. The maximum absolute atomic E-state index is 11.9. The third-order valence-electron chi connectivity index (χ3n) is 3.15. The third-order valence-corrected chi connectivity index (χ3v) is 3.15. The zero-order valence-corrected chi connectivity index (χ0v) is 11.2. The van der Waals surface area contributed by atoms with Gasteiger partial charge in [0.1, 0.15) is 11.5 Å². The highest BCUT2D eigenvalue weighted by Gasteiger charge is 2.14. The molecule has 1 aliphatic rings. The van der Waals surface area contributed by atoms with Crippen molar-refractivity contribution in [1.29, 1.82) is 0 Å². The van der Waals surface area contributed by atoms with E-state index in [0.717, 1.165) is 25.9 Å². The number of anilines is 1. The molecule has 6 nitrogen and oxygen atoms in total. The van der Waals surface area contributed by atoms with Crippen LogP contribution in [0, 0.1) is 0 Å². The first-order valence-corrected chi connectivity index (χ1v) is 6.69. The van der Waals surface area contributed by atoms with Gasteiger partial charge < -0.3 is 15.4 Å². The van der Waals surface area contributed by atoms with Crippen LogP contribution < -0.4 is 10.6 Å². The van der Waals surface area contributed by atoms with Crippen LogP contribution in [0.4, 0.5) is 5.82 Å². The van der Waals surface area contributed by atoms with Crippen molar-refractivity contribution in [2.45, 2.75) is 31.8 Å². The van der Waals surface area contributed by atoms with Crippen molar-refractivity contribution in [1.82, 2.24) is 15.3 Å². The Balaban J connectivity index is 1.77. The van der Waals surface area contributed by atoms with Gasteiger partial charge >= 0.3 is 0 Å². The third kappa shape index (κ3) is 4.17. The van der Waals surface area contributed by atoms with Crippen LogP contribution in [0.2, 0.25) is 0 Å². The summed E-state index contributed by atoms with van der Waals surface area (Å²) in [5.41, 5.74) is 0.330. The zero-order chi connectivity index (χ0) is 13.5. The molecule has 2 rings (SSSR count). The van der Waals surface area contributed by atoms with E-state index in [4.69, 9.17) is 4.74 Å². The highest BCUT2D eigenvalue weighted by molar-refractivity contribution is 5.92. The van der Waals surface area contributed by atoms with Crippen LogP contribution in [0.15, 0.2) is 12.4 Å². The number of hydrogen-bond donors (Lipinski definition) is 2. The summed E-state index contributed by atoms with van der Waals surface area (Å²) in [6.45, 7) is 1.45. The van der Waals surface area contributed by atoms with Crippen molar-refractivity contribution in [3.05, 3.63) is 18.1 Å². The number of ether oxygens (including phenoxy) is 1. The Morgan fingerprint density at radius 2 is 2.37 bits per heavy atom. The van der Waals surface area contributed by atoms with Crippen LogP contribution in [0.5, 0.6) is 0 Å². The summed E-state index contributed by atoms with van der Waals surface area (Å²) >= 11 is 0. The van der Waals surface area contributed by atoms with Gasteiger partial charge in [0.25, 0.3) is 5.91 Å². The Kier molecular flexibility index (Phi) is 5.09. The van der Waals surface area contributed by atoms with Crippen LogP contribution in [-0.2, 0) is 4.74 Å². The lowest BCUT2D eigenvalue weighted by atomic mass is 10.1. The smallest absolute Gasteiger partial charge is 0.271 e. The fraction of sp³-hybridized carbons (Fsp3) is 0.615. The van der Waals surface area contributed by atoms with E-state index in [1.165, 1.54) is 12.6 Å². The van der Waals surface area contributed by atoms with Crippen molar-refractivity contribution in [2.75, 3.05) is 25.5 Å². The van der Waals surface area contributed by atoms with Gasteiger partial charge in [-0.1, -0.05) is 0 Å². The molecule has 0 radical (unpaired) electrons. The molecule has 104 valence electrons. The summed E-state index contributed by atoms with van der Waals surface area (Å²) in [5.74, 6) is 0.392. The van der Waals surface area contributed by atoms with Gasteiger partial charge in [-0.25, -0.2) is 4.98 Å². The maximum atomic E-state index is 11.9. The monoisotopic (exact) mass is 264 g/mol. The number of rotatable bonds is 5. The van der Waals surface area contributed by atoms with Gasteiger partial charge in [0.15, 0.2) is 0 Å². The minimum absolute atomic E-state index is 0.194. The van der Waals surface area contributed by atoms with Gasteiger partial charge in [0.05, 0.1) is 18.5 Å². The van der Waals surface area contributed by atoms with E-state index >= 15 is 0 Å². The number of amides is 1. The molecule has 0 aliphatic carbocycles. The Bertz CT molecular complexity index is 419. The van der Waals surface area contributed by atoms with E-state index in [-0.39, 0.29) is 12.0 Å². The normalized spacial score (nSPS) is 18.9. The second-order valence-corrected chi connectivity index (χ2v) is 4.57. The number of carbonyl (C=O) groups excluding carboxylic acids is 1. The molecule has 1 saturated heterocycles. The number of carbonyl (C=O) groups is 1. The zero-order valence-electron chi connectivity index (χ0n) is 11.2. The van der Waals surface area contributed by atoms with E-state index in [1.807, 2.05) is 0 Å². The molecule has 1 amide bonds. The number of hydrogen-bond acceptors (Lipinski definition) is 5. The predicted octanol–water partition coefficient (Wildman–Crippen LogP) is 1.21. The molecule has 1 unspecified atom stereocenters. The lowest BCUT2D eigenvalue weighted by Crippen LogP contribution is -2.30. The van der Waals surface area contributed by atoms with Crippen LogP contribution in [-0.4, -0.2) is 42.2 Å². The Hall–Kier alpha value is -1.69. The SMILES string of the molecule is CNc1cncc(C(=O)NCCC2CCCCO2)n1. The summed E-state index contributed by atoms with van der Waals surface area (Å²) in [7, 11) is 1.74. The summed E-state index contributed by atoms with van der Waals surface area (Å²) in [5, 5.41) is 5.70. The average Bonchev–Trinajstić information content (AvgIpc) is 2.48. The van der Waals surface area contributed by atoms with Gasteiger partial charge in [0.2, 0.25) is 0 Å². The van der Waals surface area contributed by atoms with E-state index in [2.05, 4.69) is 20.6 Å². The summed E-state index contributed by atoms with van der Waals surface area (Å²) < 4.78 is 5.61. The minimum Gasteiger partial charge on any atom is -0.378 e. The molecule has 1 atom stereocenters. The first-order chi connectivity index (χ1) is 9.29. The van der Waals surface area contributed by atoms with Gasteiger partial charge in [-0.2, -0.15) is 0 Å². The molecule has 2 heterocycles. The van der Waals surface area contributed by atoms with E-state index < -0.39 is 0 Å². The molecular formula is C13H20N4O2. The average molecular weight is 264 g/mol. The minimum atomic E-state index is -0.194. The molecule has 1 aliphatic heterocycles. The number of nitrogens with zero attached hydrogens (tertiary/aromatic N) is 2. The Morgan fingerprint density at radius 3 is 3.11 bits per heavy atom. The maximum Gasteiger partial charge on any atom is 0.271 e. The number of aromatic nitrogens is 2. The van der Waals surface area contributed by atoms with Crippen LogP contribution in [0.3, 0.4) is 0 Å². The standard InChI is InChI=1S/C13H20N4O2/c1-14-12-9-15-8-11(17-12)13(18)16-6-5-10-4-2-3-7-19-10/h8-10H,2-7H2,1H3,(H,14,17)(H,16,18). The van der Waals surface area contributed by atoms with Gasteiger partial charge in [-0.05, 0) is 25.7 Å². The highest BCUT2D eigenvalue weighted by atomic mass is 16.5. The fourth-order valence-corrected chi connectivity index (χ4v) is 2.07. The predicted molar refractivity (Wildman–Crippen MR) is 72.1 cm³/mol. The molecule has 2 N–H and O–H groups in total. The van der Waals surface area contributed by atoms with Gasteiger partial charge in [-0.15, -0.1) is 0 Å². The van der Waals surface area contributed by atoms with Crippen LogP contribution in [0.1, 0.15) is 36.2 Å². The Morgan fingerprint density at radius 1 is 1.47 bits per heavy atom. The van der Waals surface area contributed by atoms with Crippen LogP contribution in [0.25, 0.3) is 0 Å².